The minimum Gasteiger partial charge on any atom is -0.475 e. The van der Waals surface area contributed by atoms with Gasteiger partial charge in [0.1, 0.15) is 12.7 Å². The second-order valence-electron chi connectivity index (χ2n) is 7.25. The summed E-state index contributed by atoms with van der Waals surface area (Å²) in [6, 6.07) is 1.82. The van der Waals surface area contributed by atoms with E-state index >= 15 is 0 Å². The quantitative estimate of drug-likeness (QED) is 0.485. The van der Waals surface area contributed by atoms with Crippen LogP contribution in [0, 0.1) is 11.8 Å². The van der Waals surface area contributed by atoms with Gasteiger partial charge in [0.2, 0.25) is 5.88 Å². The number of hydrogen-bond acceptors (Lipinski definition) is 5. The van der Waals surface area contributed by atoms with Crippen LogP contribution in [-0.4, -0.2) is 42.1 Å². The van der Waals surface area contributed by atoms with E-state index in [0.717, 1.165) is 42.5 Å². The van der Waals surface area contributed by atoms with Crippen LogP contribution in [0.4, 0.5) is 0 Å². The van der Waals surface area contributed by atoms with Crippen LogP contribution in [0.15, 0.2) is 41.2 Å². The topological polar surface area (TPSA) is 62.6 Å². The molecule has 1 fully saturated rings. The summed E-state index contributed by atoms with van der Waals surface area (Å²) in [6.45, 7) is 8.62. The molecule has 0 saturated carbocycles. The van der Waals surface area contributed by atoms with Gasteiger partial charge in [-0.05, 0) is 18.4 Å². The molecule has 3 rings (SSSR count). The fourth-order valence-corrected chi connectivity index (χ4v) is 3.41. The summed E-state index contributed by atoms with van der Waals surface area (Å²) >= 11 is 0. The zero-order chi connectivity index (χ0) is 21.2. The molecule has 3 heterocycles. The number of rotatable bonds is 8. The zero-order valence-corrected chi connectivity index (χ0v) is 17.7. The van der Waals surface area contributed by atoms with Gasteiger partial charge in [-0.1, -0.05) is 44.1 Å². The first-order chi connectivity index (χ1) is 14.7. The van der Waals surface area contributed by atoms with Crippen LogP contribution in [-0.2, 0) is 16.0 Å². The molecule has 0 bridgehead atoms. The van der Waals surface area contributed by atoms with Crippen molar-refractivity contribution in [1.29, 1.82) is 0 Å². The summed E-state index contributed by atoms with van der Waals surface area (Å²) in [5.41, 5.74) is 2.55. The lowest BCUT2D eigenvalue weighted by atomic mass is 9.97. The maximum Gasteiger partial charge on any atom is 0.351 e. The highest BCUT2D eigenvalue weighted by Crippen LogP contribution is 2.29. The summed E-state index contributed by atoms with van der Waals surface area (Å²) < 4.78 is 18.4. The molecule has 160 valence electrons. The Labute approximate surface area is 178 Å². The third-order valence-electron chi connectivity index (χ3n) is 5.05. The fraction of sp³-hybridized carbons (Fsp3) is 0.500. The summed E-state index contributed by atoms with van der Waals surface area (Å²) in [5.74, 6) is 6.67. The van der Waals surface area contributed by atoms with E-state index in [0.29, 0.717) is 45.3 Å². The number of unbranched alkanes of at least 4 members (excludes halogenated alkanes) is 2. The van der Waals surface area contributed by atoms with E-state index in [-0.39, 0.29) is 11.8 Å². The van der Waals surface area contributed by atoms with Crippen LogP contribution in [0.5, 0.6) is 5.88 Å². The van der Waals surface area contributed by atoms with Crippen LogP contribution in [0.1, 0.15) is 44.7 Å². The van der Waals surface area contributed by atoms with Gasteiger partial charge in [-0.2, -0.15) is 4.98 Å². The van der Waals surface area contributed by atoms with Gasteiger partial charge < -0.3 is 14.2 Å². The monoisotopic (exact) mass is 410 g/mol. The van der Waals surface area contributed by atoms with Gasteiger partial charge in [0, 0.05) is 31.0 Å². The van der Waals surface area contributed by atoms with Crippen LogP contribution in [0.3, 0.4) is 0 Å². The van der Waals surface area contributed by atoms with E-state index in [2.05, 4.69) is 30.3 Å². The van der Waals surface area contributed by atoms with Gasteiger partial charge in [0.05, 0.1) is 25.5 Å². The average molecular weight is 411 g/mol. The van der Waals surface area contributed by atoms with Crippen molar-refractivity contribution in [3.63, 3.8) is 0 Å². The molecule has 0 aromatic carbocycles. The van der Waals surface area contributed by atoms with Crippen molar-refractivity contribution in [3.05, 3.63) is 52.6 Å². The van der Waals surface area contributed by atoms with Crippen molar-refractivity contribution < 1.29 is 14.2 Å². The minimum absolute atomic E-state index is 0.149. The van der Waals surface area contributed by atoms with Crippen molar-refractivity contribution in [3.8, 4) is 17.7 Å². The van der Waals surface area contributed by atoms with Gasteiger partial charge in [-0.25, -0.2) is 4.79 Å². The molecule has 1 aromatic rings. The lowest BCUT2D eigenvalue weighted by molar-refractivity contribution is -0.102. The third-order valence-corrected chi connectivity index (χ3v) is 5.05. The Hall–Kier alpha value is -2.62. The number of ether oxygens (including phenoxy) is 3. The fourth-order valence-electron chi connectivity index (χ4n) is 3.41. The SMILES string of the molecule is C=CC1=C(/C=C\CC#CCCCC)c2cc(OCC3COCCO3)nc(=O)n2CC1. The molecule has 0 amide bonds. The molecule has 0 spiro atoms. The van der Waals surface area contributed by atoms with Crippen molar-refractivity contribution in [2.45, 2.75) is 51.7 Å². The van der Waals surface area contributed by atoms with Crippen LogP contribution in [0.2, 0.25) is 0 Å². The Morgan fingerprint density at radius 1 is 1.40 bits per heavy atom. The maximum absolute atomic E-state index is 12.6. The summed E-state index contributed by atoms with van der Waals surface area (Å²) in [4.78, 5) is 16.7. The molecule has 2 aliphatic heterocycles. The van der Waals surface area contributed by atoms with Gasteiger partial charge in [0.15, 0.2) is 0 Å². The highest BCUT2D eigenvalue weighted by molar-refractivity contribution is 5.78. The van der Waals surface area contributed by atoms with Gasteiger partial charge in [-0.15, -0.1) is 5.92 Å². The van der Waals surface area contributed by atoms with E-state index < -0.39 is 0 Å². The largest absolute Gasteiger partial charge is 0.475 e. The third kappa shape index (κ3) is 5.94. The van der Waals surface area contributed by atoms with E-state index in [9.17, 15) is 4.79 Å². The molecule has 0 radical (unpaired) electrons. The Morgan fingerprint density at radius 3 is 3.07 bits per heavy atom. The Bertz CT molecular complexity index is 911. The Morgan fingerprint density at radius 2 is 2.30 bits per heavy atom. The molecule has 30 heavy (non-hydrogen) atoms. The van der Waals surface area contributed by atoms with Crippen LogP contribution in [0.25, 0.3) is 5.57 Å². The molecule has 2 aliphatic rings. The molecule has 1 aromatic heterocycles. The van der Waals surface area contributed by atoms with E-state index in [1.807, 2.05) is 24.3 Å². The molecule has 1 atom stereocenters. The van der Waals surface area contributed by atoms with Crippen molar-refractivity contribution >= 4 is 5.57 Å². The smallest absolute Gasteiger partial charge is 0.351 e. The van der Waals surface area contributed by atoms with Gasteiger partial charge in [0.25, 0.3) is 0 Å². The molecule has 0 aliphatic carbocycles. The van der Waals surface area contributed by atoms with Crippen LogP contribution >= 0.6 is 0 Å². The number of hydrogen-bond donors (Lipinski definition) is 0. The summed E-state index contributed by atoms with van der Waals surface area (Å²) in [6.07, 6.45) is 10.4. The zero-order valence-electron chi connectivity index (χ0n) is 17.7. The summed E-state index contributed by atoms with van der Waals surface area (Å²) in [5, 5.41) is 0. The number of aromatic nitrogens is 2. The predicted molar refractivity (Wildman–Crippen MR) is 117 cm³/mol. The lowest BCUT2D eigenvalue weighted by Crippen LogP contribution is -2.34. The van der Waals surface area contributed by atoms with Gasteiger partial charge in [-0.3, -0.25) is 4.57 Å². The first kappa shape index (κ1) is 22.1. The number of allylic oxidation sites excluding steroid dienone is 5. The lowest BCUT2D eigenvalue weighted by Gasteiger charge is -2.24. The predicted octanol–water partition coefficient (Wildman–Crippen LogP) is 3.52. The molecular weight excluding hydrogens is 380 g/mol. The van der Waals surface area contributed by atoms with E-state index in [1.54, 1.807) is 4.57 Å². The minimum atomic E-state index is -0.309. The molecule has 1 unspecified atom stereocenters. The van der Waals surface area contributed by atoms with Crippen molar-refractivity contribution in [1.82, 2.24) is 9.55 Å². The highest BCUT2D eigenvalue weighted by atomic mass is 16.6. The average Bonchev–Trinajstić information content (AvgIpc) is 2.77. The molecular formula is C24H30N2O4. The molecule has 0 N–H and O–H groups in total. The molecule has 1 saturated heterocycles. The molecule has 6 heteroatoms. The number of nitrogens with zero attached hydrogens (tertiary/aromatic N) is 2. The first-order valence-corrected chi connectivity index (χ1v) is 10.6. The highest BCUT2D eigenvalue weighted by Gasteiger charge is 2.20. The van der Waals surface area contributed by atoms with Gasteiger partial charge >= 0.3 is 5.69 Å². The van der Waals surface area contributed by atoms with E-state index in [1.165, 1.54) is 0 Å². The van der Waals surface area contributed by atoms with Crippen molar-refractivity contribution in [2.75, 3.05) is 26.4 Å². The van der Waals surface area contributed by atoms with Crippen LogP contribution < -0.4 is 10.4 Å². The van der Waals surface area contributed by atoms with E-state index in [4.69, 9.17) is 14.2 Å². The Kier molecular flexibility index (Phi) is 8.49. The maximum atomic E-state index is 12.6. The molecule has 6 nitrogen and oxygen atoms in total. The normalized spacial score (nSPS) is 18.6. The second kappa shape index (κ2) is 11.5. The second-order valence-corrected chi connectivity index (χ2v) is 7.25. The van der Waals surface area contributed by atoms with Crippen molar-refractivity contribution in [2.24, 2.45) is 0 Å². The first-order valence-electron chi connectivity index (χ1n) is 10.6. The summed E-state index contributed by atoms with van der Waals surface area (Å²) in [7, 11) is 0. The standard InChI is InChI=1S/C24H30N2O4/c1-3-5-6-7-8-9-10-11-21-19(4-2)12-13-26-22(21)16-23(25-24(26)27)30-18-20-17-28-14-15-29-20/h4,10-11,16,20H,2-3,5-6,9,12-15,17-18H2,1H3/b11-10-. The Balaban J connectivity index is 1.77. The number of fused-ring (bicyclic) bond motifs is 1.